The van der Waals surface area contributed by atoms with Gasteiger partial charge in [0.25, 0.3) is 0 Å². The molecule has 0 aromatic carbocycles. The van der Waals surface area contributed by atoms with Crippen LogP contribution in [0.5, 0.6) is 0 Å². The quantitative estimate of drug-likeness (QED) is 0.814. The summed E-state index contributed by atoms with van der Waals surface area (Å²) in [6.07, 6.45) is 5.64. The highest BCUT2D eigenvalue weighted by atomic mass is 32.2. The number of hydrogen-bond donors (Lipinski definition) is 1. The Kier molecular flexibility index (Phi) is 5.46. The highest BCUT2D eigenvalue weighted by molar-refractivity contribution is 7.99. The van der Waals surface area contributed by atoms with Gasteiger partial charge in [-0.1, -0.05) is 6.92 Å². The van der Waals surface area contributed by atoms with Gasteiger partial charge in [-0.25, -0.2) is 0 Å². The first-order chi connectivity index (χ1) is 7.84. The van der Waals surface area contributed by atoms with Crippen LogP contribution in [0.4, 0.5) is 0 Å². The Bertz CT molecular complexity index is 192. The maximum atomic E-state index is 3.72. The van der Waals surface area contributed by atoms with E-state index < -0.39 is 0 Å². The molecule has 3 heteroatoms. The average molecular weight is 242 g/mol. The van der Waals surface area contributed by atoms with E-state index in [2.05, 4.69) is 28.9 Å². The van der Waals surface area contributed by atoms with Gasteiger partial charge in [0, 0.05) is 31.4 Å². The first kappa shape index (κ1) is 12.7. The third kappa shape index (κ3) is 4.27. The highest BCUT2D eigenvalue weighted by Crippen LogP contribution is 2.17. The van der Waals surface area contributed by atoms with Crippen LogP contribution in [0.1, 0.15) is 32.6 Å². The van der Waals surface area contributed by atoms with E-state index in [1.807, 2.05) is 0 Å². The first-order valence-electron chi connectivity index (χ1n) is 6.88. The van der Waals surface area contributed by atoms with Crippen LogP contribution in [0.3, 0.4) is 0 Å². The Morgan fingerprint density at radius 1 is 1.31 bits per heavy atom. The third-order valence-electron chi connectivity index (χ3n) is 3.76. The zero-order valence-corrected chi connectivity index (χ0v) is 11.4. The number of hydrogen-bond acceptors (Lipinski definition) is 3. The second-order valence-electron chi connectivity index (χ2n) is 5.42. The van der Waals surface area contributed by atoms with E-state index in [0.29, 0.717) is 0 Å². The summed E-state index contributed by atoms with van der Waals surface area (Å²) in [5, 5.41) is 3.72. The monoisotopic (exact) mass is 242 g/mol. The van der Waals surface area contributed by atoms with Crippen LogP contribution in [-0.4, -0.2) is 48.6 Å². The summed E-state index contributed by atoms with van der Waals surface area (Å²) >= 11 is 2.11. The maximum absolute atomic E-state index is 3.72. The molecule has 2 atom stereocenters. The summed E-state index contributed by atoms with van der Waals surface area (Å²) in [5.74, 6) is 3.62. The number of nitrogens with zero attached hydrogens (tertiary/aromatic N) is 1. The molecule has 16 heavy (non-hydrogen) atoms. The van der Waals surface area contributed by atoms with Gasteiger partial charge in [-0.3, -0.25) is 0 Å². The minimum atomic E-state index is 0.793. The van der Waals surface area contributed by atoms with Crippen molar-refractivity contribution < 1.29 is 0 Å². The molecular formula is C13H26N2S. The maximum Gasteiger partial charge on any atom is 0.0159 e. The van der Waals surface area contributed by atoms with Crippen molar-refractivity contribution in [3.63, 3.8) is 0 Å². The van der Waals surface area contributed by atoms with Gasteiger partial charge in [0.2, 0.25) is 0 Å². The predicted octanol–water partition coefficient (Wildman–Crippen LogP) is 2.20. The smallest absolute Gasteiger partial charge is 0.0159 e. The standard InChI is InChI=1S/C13H26N2S/c1-12-4-2-7-15(10-12)8-6-14-13-5-3-9-16-11-13/h12-14H,2-11H2,1H3. The van der Waals surface area contributed by atoms with Gasteiger partial charge in [-0.2, -0.15) is 11.8 Å². The highest BCUT2D eigenvalue weighted by Gasteiger charge is 2.17. The van der Waals surface area contributed by atoms with Crippen LogP contribution in [0.15, 0.2) is 0 Å². The van der Waals surface area contributed by atoms with Gasteiger partial charge in [-0.05, 0) is 43.9 Å². The van der Waals surface area contributed by atoms with Crippen molar-refractivity contribution >= 4 is 11.8 Å². The van der Waals surface area contributed by atoms with Crippen LogP contribution < -0.4 is 5.32 Å². The van der Waals surface area contributed by atoms with Gasteiger partial charge in [0.05, 0.1) is 0 Å². The predicted molar refractivity (Wildman–Crippen MR) is 73.2 cm³/mol. The molecule has 0 aliphatic carbocycles. The van der Waals surface area contributed by atoms with E-state index in [0.717, 1.165) is 12.0 Å². The van der Waals surface area contributed by atoms with Crippen LogP contribution in [0.25, 0.3) is 0 Å². The third-order valence-corrected chi connectivity index (χ3v) is 4.98. The van der Waals surface area contributed by atoms with Crippen molar-refractivity contribution in [1.29, 1.82) is 0 Å². The van der Waals surface area contributed by atoms with E-state index in [1.165, 1.54) is 63.4 Å². The number of piperidine rings is 1. The summed E-state index contributed by atoms with van der Waals surface area (Å²) in [6, 6.07) is 0.793. The summed E-state index contributed by atoms with van der Waals surface area (Å²) < 4.78 is 0. The molecule has 2 nitrogen and oxygen atoms in total. The molecule has 0 saturated carbocycles. The van der Waals surface area contributed by atoms with Gasteiger partial charge in [0.15, 0.2) is 0 Å². The topological polar surface area (TPSA) is 15.3 Å². The second kappa shape index (κ2) is 6.87. The number of thioether (sulfide) groups is 1. The normalized spacial score (nSPS) is 32.8. The SMILES string of the molecule is CC1CCCN(CCNC2CCCSC2)C1. The van der Waals surface area contributed by atoms with Crippen LogP contribution in [0, 0.1) is 5.92 Å². The number of rotatable bonds is 4. The molecule has 2 aliphatic heterocycles. The van der Waals surface area contributed by atoms with Gasteiger partial charge < -0.3 is 10.2 Å². The lowest BCUT2D eigenvalue weighted by atomic mass is 10.0. The molecule has 0 bridgehead atoms. The molecular weight excluding hydrogens is 216 g/mol. The Balaban J connectivity index is 1.56. The molecule has 2 rings (SSSR count). The summed E-state index contributed by atoms with van der Waals surface area (Å²) in [5.41, 5.74) is 0. The van der Waals surface area contributed by atoms with E-state index in [9.17, 15) is 0 Å². The van der Waals surface area contributed by atoms with Crippen molar-refractivity contribution in [2.45, 2.75) is 38.6 Å². The molecule has 0 spiro atoms. The zero-order chi connectivity index (χ0) is 11.2. The van der Waals surface area contributed by atoms with E-state index in [-0.39, 0.29) is 0 Å². The Morgan fingerprint density at radius 2 is 2.25 bits per heavy atom. The number of nitrogens with one attached hydrogen (secondary N) is 1. The molecule has 0 aromatic heterocycles. The summed E-state index contributed by atoms with van der Waals surface area (Å²) in [4.78, 5) is 2.64. The van der Waals surface area contributed by atoms with Crippen molar-refractivity contribution in [3.8, 4) is 0 Å². The Labute approximate surface area is 105 Å². The largest absolute Gasteiger partial charge is 0.312 e. The van der Waals surface area contributed by atoms with Gasteiger partial charge >= 0.3 is 0 Å². The van der Waals surface area contributed by atoms with Crippen molar-refractivity contribution in [1.82, 2.24) is 10.2 Å². The van der Waals surface area contributed by atoms with Gasteiger partial charge in [-0.15, -0.1) is 0 Å². The molecule has 2 fully saturated rings. The fourth-order valence-electron chi connectivity index (χ4n) is 2.82. The molecule has 2 unspecified atom stereocenters. The van der Waals surface area contributed by atoms with Crippen LogP contribution >= 0.6 is 11.8 Å². The summed E-state index contributed by atoms with van der Waals surface area (Å²) in [6.45, 7) is 7.48. The molecule has 0 radical (unpaired) electrons. The molecule has 2 heterocycles. The fourth-order valence-corrected chi connectivity index (χ4v) is 3.92. The minimum Gasteiger partial charge on any atom is -0.312 e. The molecule has 2 aliphatic rings. The van der Waals surface area contributed by atoms with Crippen molar-refractivity contribution in [2.24, 2.45) is 5.92 Å². The molecule has 0 aromatic rings. The molecule has 0 amide bonds. The van der Waals surface area contributed by atoms with E-state index in [4.69, 9.17) is 0 Å². The molecule has 94 valence electrons. The van der Waals surface area contributed by atoms with Crippen molar-refractivity contribution in [2.75, 3.05) is 37.7 Å². The van der Waals surface area contributed by atoms with Crippen LogP contribution in [0.2, 0.25) is 0 Å². The Morgan fingerprint density at radius 3 is 3.00 bits per heavy atom. The number of likely N-dealkylation sites (tertiary alicyclic amines) is 1. The average Bonchev–Trinajstić information content (AvgIpc) is 2.30. The lowest BCUT2D eigenvalue weighted by Crippen LogP contribution is -2.42. The summed E-state index contributed by atoms with van der Waals surface area (Å²) in [7, 11) is 0. The fraction of sp³-hybridized carbons (Fsp3) is 1.00. The first-order valence-corrected chi connectivity index (χ1v) is 8.03. The van der Waals surface area contributed by atoms with Gasteiger partial charge in [0.1, 0.15) is 0 Å². The zero-order valence-electron chi connectivity index (χ0n) is 10.6. The van der Waals surface area contributed by atoms with E-state index >= 15 is 0 Å². The van der Waals surface area contributed by atoms with Crippen molar-refractivity contribution in [3.05, 3.63) is 0 Å². The lowest BCUT2D eigenvalue weighted by molar-refractivity contribution is 0.183. The molecule has 2 saturated heterocycles. The van der Waals surface area contributed by atoms with Crippen LogP contribution in [-0.2, 0) is 0 Å². The second-order valence-corrected chi connectivity index (χ2v) is 6.57. The molecule has 1 N–H and O–H groups in total. The Hall–Kier alpha value is 0.270. The lowest BCUT2D eigenvalue weighted by Gasteiger charge is -2.31. The van der Waals surface area contributed by atoms with E-state index in [1.54, 1.807) is 0 Å². The minimum absolute atomic E-state index is 0.793.